The summed E-state index contributed by atoms with van der Waals surface area (Å²) in [5.74, 6) is 8.33. The van der Waals surface area contributed by atoms with Crippen LogP contribution >= 0.6 is 23.5 Å². The Bertz CT molecular complexity index is 585. The van der Waals surface area contributed by atoms with Crippen molar-refractivity contribution in [3.8, 4) is 0 Å². The highest BCUT2D eigenvalue weighted by atomic mass is 32.2. The first-order valence-electron chi connectivity index (χ1n) is 6.83. The molecule has 0 bridgehead atoms. The van der Waals surface area contributed by atoms with Crippen LogP contribution in [0.15, 0.2) is 36.7 Å². The third kappa shape index (κ3) is 2.68. The normalized spacial score (nSPS) is 24.7. The molecule has 1 aromatic carbocycles. The Kier molecular flexibility index (Phi) is 4.51. The number of nitrogens with zero attached hydrogens (tertiary/aromatic N) is 1. The number of nitrogens with one attached hydrogen (secondary N) is 1. The molecule has 1 aliphatic heterocycles. The number of hydrogen-bond donors (Lipinski definition) is 2. The molecule has 20 heavy (non-hydrogen) atoms. The first-order valence-corrected chi connectivity index (χ1v) is 8.93. The van der Waals surface area contributed by atoms with Gasteiger partial charge in [0.05, 0.1) is 6.04 Å². The molecule has 0 spiro atoms. The Morgan fingerprint density at radius 3 is 2.95 bits per heavy atom. The van der Waals surface area contributed by atoms with Crippen molar-refractivity contribution >= 4 is 34.3 Å². The highest BCUT2D eigenvalue weighted by molar-refractivity contribution is 8.07. The fourth-order valence-electron chi connectivity index (χ4n) is 2.80. The summed E-state index contributed by atoms with van der Waals surface area (Å²) in [6.45, 7) is 2.30. The Morgan fingerprint density at radius 1 is 1.30 bits per heavy atom. The summed E-state index contributed by atoms with van der Waals surface area (Å²) in [6, 6.07) is 8.63. The molecule has 3 unspecified atom stereocenters. The maximum Gasteiger partial charge on any atom is 0.0595 e. The molecular formula is C15H19N3S2. The summed E-state index contributed by atoms with van der Waals surface area (Å²) < 4.78 is 0. The number of benzene rings is 1. The molecular weight excluding hydrogens is 286 g/mol. The van der Waals surface area contributed by atoms with Gasteiger partial charge in [-0.2, -0.15) is 23.5 Å². The first kappa shape index (κ1) is 14.2. The molecule has 106 valence electrons. The van der Waals surface area contributed by atoms with Gasteiger partial charge in [0.2, 0.25) is 0 Å². The summed E-state index contributed by atoms with van der Waals surface area (Å²) in [7, 11) is 0. The van der Waals surface area contributed by atoms with Crippen LogP contribution in [-0.2, 0) is 0 Å². The Labute approximate surface area is 128 Å². The minimum Gasteiger partial charge on any atom is -0.271 e. The molecule has 0 saturated carbocycles. The van der Waals surface area contributed by atoms with Crippen molar-refractivity contribution in [2.45, 2.75) is 23.5 Å². The van der Waals surface area contributed by atoms with Crippen LogP contribution in [0.3, 0.4) is 0 Å². The number of hydrazine groups is 1. The zero-order valence-corrected chi connectivity index (χ0v) is 13.1. The molecule has 0 radical (unpaired) electrons. The fourth-order valence-corrected chi connectivity index (χ4v) is 5.72. The van der Waals surface area contributed by atoms with Crippen LogP contribution in [0.2, 0.25) is 0 Å². The molecule has 0 amide bonds. The predicted molar refractivity (Wildman–Crippen MR) is 90.0 cm³/mol. The van der Waals surface area contributed by atoms with Crippen molar-refractivity contribution in [2.24, 2.45) is 5.84 Å². The van der Waals surface area contributed by atoms with E-state index in [4.69, 9.17) is 5.84 Å². The second-order valence-corrected chi connectivity index (χ2v) is 7.77. The summed E-state index contributed by atoms with van der Waals surface area (Å²) in [5, 5.41) is 3.52. The van der Waals surface area contributed by atoms with Crippen LogP contribution in [0.5, 0.6) is 0 Å². The van der Waals surface area contributed by atoms with E-state index in [2.05, 4.69) is 41.6 Å². The highest BCUT2D eigenvalue weighted by Crippen LogP contribution is 2.39. The maximum atomic E-state index is 5.90. The third-order valence-corrected chi connectivity index (χ3v) is 6.99. The van der Waals surface area contributed by atoms with Gasteiger partial charge in [-0.3, -0.25) is 16.3 Å². The number of thioether (sulfide) groups is 2. The Hall–Kier alpha value is -0.750. The lowest BCUT2D eigenvalue weighted by atomic mass is 9.97. The second kappa shape index (κ2) is 6.35. The molecule has 3 nitrogen and oxygen atoms in total. The van der Waals surface area contributed by atoms with Crippen molar-refractivity contribution in [1.82, 2.24) is 10.4 Å². The van der Waals surface area contributed by atoms with Gasteiger partial charge in [-0.25, -0.2) is 0 Å². The van der Waals surface area contributed by atoms with E-state index < -0.39 is 0 Å². The van der Waals surface area contributed by atoms with Gasteiger partial charge >= 0.3 is 0 Å². The summed E-state index contributed by atoms with van der Waals surface area (Å²) in [5.41, 5.74) is 4.33. The number of fused-ring (bicyclic) bond motifs is 1. The summed E-state index contributed by atoms with van der Waals surface area (Å²) in [4.78, 5) is 4.21. The van der Waals surface area contributed by atoms with E-state index in [0.717, 1.165) is 0 Å². The van der Waals surface area contributed by atoms with E-state index in [1.165, 1.54) is 27.8 Å². The van der Waals surface area contributed by atoms with E-state index >= 15 is 0 Å². The molecule has 1 fully saturated rings. The number of hydrogen-bond acceptors (Lipinski definition) is 5. The van der Waals surface area contributed by atoms with Crippen molar-refractivity contribution in [3.05, 3.63) is 42.2 Å². The number of pyridine rings is 1. The van der Waals surface area contributed by atoms with Crippen molar-refractivity contribution < 1.29 is 0 Å². The summed E-state index contributed by atoms with van der Waals surface area (Å²) >= 11 is 4.07. The minimum absolute atomic E-state index is 0.175. The zero-order valence-electron chi connectivity index (χ0n) is 11.5. The quantitative estimate of drug-likeness (QED) is 0.674. The van der Waals surface area contributed by atoms with Gasteiger partial charge in [-0.05, 0) is 17.0 Å². The van der Waals surface area contributed by atoms with Gasteiger partial charge in [0, 0.05) is 39.8 Å². The van der Waals surface area contributed by atoms with E-state index in [9.17, 15) is 0 Å². The lowest BCUT2D eigenvalue weighted by molar-refractivity contribution is 0.530. The largest absolute Gasteiger partial charge is 0.271 e. The standard InChI is InChI=1S/C15H19N3S2/c1-10-15(20-8-7-19-10)14(18-16)13-4-2-3-11-9-17-6-5-12(11)13/h2-6,9-10,14-15,18H,7-8,16H2,1H3. The summed E-state index contributed by atoms with van der Waals surface area (Å²) in [6.07, 6.45) is 3.77. The first-order chi connectivity index (χ1) is 9.81. The molecule has 3 rings (SSSR count). The minimum atomic E-state index is 0.175. The Balaban J connectivity index is 2.02. The van der Waals surface area contributed by atoms with Crippen LogP contribution in [0.1, 0.15) is 18.5 Å². The number of rotatable bonds is 3. The van der Waals surface area contributed by atoms with Crippen LogP contribution < -0.4 is 11.3 Å². The third-order valence-electron chi connectivity index (χ3n) is 3.79. The molecule has 2 heterocycles. The smallest absolute Gasteiger partial charge is 0.0595 e. The van der Waals surface area contributed by atoms with Crippen molar-refractivity contribution in [2.75, 3.05) is 11.5 Å². The van der Waals surface area contributed by atoms with Gasteiger partial charge in [0.25, 0.3) is 0 Å². The van der Waals surface area contributed by atoms with E-state index in [0.29, 0.717) is 10.5 Å². The topological polar surface area (TPSA) is 50.9 Å². The Morgan fingerprint density at radius 2 is 2.15 bits per heavy atom. The highest BCUT2D eigenvalue weighted by Gasteiger charge is 2.31. The average Bonchev–Trinajstić information content (AvgIpc) is 2.50. The van der Waals surface area contributed by atoms with Gasteiger partial charge in [0.15, 0.2) is 0 Å². The molecule has 5 heteroatoms. The zero-order chi connectivity index (χ0) is 13.9. The predicted octanol–water partition coefficient (Wildman–Crippen LogP) is 2.98. The number of nitrogens with two attached hydrogens (primary N) is 1. The van der Waals surface area contributed by atoms with Crippen LogP contribution in [0.4, 0.5) is 0 Å². The van der Waals surface area contributed by atoms with Crippen LogP contribution in [0, 0.1) is 0 Å². The van der Waals surface area contributed by atoms with Crippen molar-refractivity contribution in [1.29, 1.82) is 0 Å². The SMILES string of the molecule is CC1SCCSC1C(NN)c1cccc2cnccc12. The van der Waals surface area contributed by atoms with E-state index in [1.54, 1.807) is 0 Å². The molecule has 3 N–H and O–H groups in total. The molecule has 1 saturated heterocycles. The molecule has 0 aliphatic carbocycles. The monoisotopic (exact) mass is 305 g/mol. The number of aromatic nitrogens is 1. The lowest BCUT2D eigenvalue weighted by Crippen LogP contribution is -2.41. The van der Waals surface area contributed by atoms with Gasteiger partial charge < -0.3 is 0 Å². The van der Waals surface area contributed by atoms with E-state index in [-0.39, 0.29) is 6.04 Å². The molecule has 3 atom stereocenters. The fraction of sp³-hybridized carbons (Fsp3) is 0.400. The molecule has 1 aliphatic rings. The lowest BCUT2D eigenvalue weighted by Gasteiger charge is -2.34. The van der Waals surface area contributed by atoms with Gasteiger partial charge in [0.1, 0.15) is 0 Å². The molecule has 1 aromatic heterocycles. The van der Waals surface area contributed by atoms with Crippen LogP contribution in [0.25, 0.3) is 10.8 Å². The van der Waals surface area contributed by atoms with Crippen LogP contribution in [-0.4, -0.2) is 27.0 Å². The van der Waals surface area contributed by atoms with Gasteiger partial charge in [-0.15, -0.1) is 0 Å². The molecule has 2 aromatic rings. The van der Waals surface area contributed by atoms with Crippen molar-refractivity contribution in [3.63, 3.8) is 0 Å². The van der Waals surface area contributed by atoms with E-state index in [1.807, 2.05) is 35.9 Å². The average molecular weight is 305 g/mol. The maximum absolute atomic E-state index is 5.90. The second-order valence-electron chi connectivity index (χ2n) is 5.00. The van der Waals surface area contributed by atoms with Gasteiger partial charge in [-0.1, -0.05) is 25.1 Å².